The maximum Gasteiger partial charge on any atom is 0.337 e. The summed E-state index contributed by atoms with van der Waals surface area (Å²) in [5.74, 6) is -0.0602. The topological polar surface area (TPSA) is 55.1 Å². The Morgan fingerprint density at radius 3 is 2.94 bits per heavy atom. The van der Waals surface area contributed by atoms with Crippen LogP contribution >= 0.6 is 0 Å². The maximum atomic E-state index is 11.1. The van der Waals surface area contributed by atoms with Gasteiger partial charge in [-0.2, -0.15) is 0 Å². The van der Waals surface area contributed by atoms with E-state index < -0.39 is 5.97 Å². The quantitative estimate of drug-likeness (QED) is 0.899. The zero-order chi connectivity index (χ0) is 12.5. The number of carboxylic acids is 1. The van der Waals surface area contributed by atoms with Gasteiger partial charge in [0.15, 0.2) is 0 Å². The van der Waals surface area contributed by atoms with E-state index in [1.54, 1.807) is 18.5 Å². The molecule has 0 spiro atoms. The number of benzene rings is 1. The molecule has 3 rings (SSSR count). The molecule has 1 aromatic heterocycles. The highest BCUT2D eigenvalue weighted by molar-refractivity contribution is 6.00. The lowest BCUT2D eigenvalue weighted by atomic mass is 9.83. The summed E-state index contributed by atoms with van der Waals surface area (Å²) >= 11 is 0. The Kier molecular flexibility index (Phi) is 2.78. The van der Waals surface area contributed by atoms with Gasteiger partial charge in [-0.3, -0.25) is 0 Å². The summed E-state index contributed by atoms with van der Waals surface area (Å²) in [7, 11) is 0. The molecule has 0 aliphatic heterocycles. The number of carbonyl (C=O) groups is 1. The molecule has 0 atom stereocenters. The Bertz CT molecular complexity index is 584. The molecule has 0 amide bonds. The lowest BCUT2D eigenvalue weighted by Gasteiger charge is -2.25. The second-order valence-electron chi connectivity index (χ2n) is 5.00. The number of para-hydroxylation sites is 1. The van der Waals surface area contributed by atoms with Crippen LogP contribution in [-0.2, 0) is 6.54 Å². The van der Waals surface area contributed by atoms with Gasteiger partial charge in [0.1, 0.15) is 5.52 Å². The second kappa shape index (κ2) is 4.44. The summed E-state index contributed by atoms with van der Waals surface area (Å²) in [6.07, 6.45) is 6.97. The number of hydrogen-bond acceptors (Lipinski definition) is 2. The Morgan fingerprint density at radius 2 is 2.28 bits per heavy atom. The second-order valence-corrected chi connectivity index (χ2v) is 5.00. The third-order valence-corrected chi connectivity index (χ3v) is 3.88. The van der Waals surface area contributed by atoms with Crippen LogP contribution < -0.4 is 0 Å². The first-order valence-corrected chi connectivity index (χ1v) is 6.43. The lowest BCUT2D eigenvalue weighted by Crippen LogP contribution is -2.13. The van der Waals surface area contributed by atoms with Crippen LogP contribution in [0.3, 0.4) is 0 Å². The SMILES string of the molecule is O=C(O)c1cccc2c1ncn2CCC1CCC1. The van der Waals surface area contributed by atoms with E-state index in [2.05, 4.69) is 9.55 Å². The standard InChI is InChI=1S/C14H16N2O2/c17-14(18)11-5-2-6-12-13(11)15-9-16(12)8-7-10-3-1-4-10/h2,5-6,9-10H,1,3-4,7-8H2,(H,17,18). The van der Waals surface area contributed by atoms with E-state index in [-0.39, 0.29) is 5.56 Å². The van der Waals surface area contributed by atoms with E-state index in [1.807, 2.05) is 6.07 Å². The van der Waals surface area contributed by atoms with Crippen LogP contribution in [0.15, 0.2) is 24.5 Å². The van der Waals surface area contributed by atoms with Crippen LogP contribution in [0.1, 0.15) is 36.0 Å². The first-order valence-electron chi connectivity index (χ1n) is 6.43. The monoisotopic (exact) mass is 244 g/mol. The predicted molar refractivity (Wildman–Crippen MR) is 68.7 cm³/mol. The zero-order valence-electron chi connectivity index (χ0n) is 10.2. The van der Waals surface area contributed by atoms with Crippen molar-refractivity contribution in [3.63, 3.8) is 0 Å². The summed E-state index contributed by atoms with van der Waals surface area (Å²) in [5.41, 5.74) is 1.81. The molecular formula is C14H16N2O2. The highest BCUT2D eigenvalue weighted by Gasteiger charge is 2.18. The predicted octanol–water partition coefficient (Wildman–Crippen LogP) is 2.92. The number of nitrogens with zero attached hydrogens (tertiary/aromatic N) is 2. The molecule has 0 unspecified atom stereocenters. The molecule has 0 radical (unpaired) electrons. The van der Waals surface area contributed by atoms with E-state index in [1.165, 1.54) is 25.7 Å². The molecule has 4 heteroatoms. The van der Waals surface area contributed by atoms with E-state index in [0.717, 1.165) is 18.0 Å². The van der Waals surface area contributed by atoms with Gasteiger partial charge >= 0.3 is 5.97 Å². The first kappa shape index (κ1) is 11.3. The number of imidazole rings is 1. The van der Waals surface area contributed by atoms with Gasteiger partial charge < -0.3 is 9.67 Å². The third kappa shape index (κ3) is 1.88. The normalized spacial score (nSPS) is 15.8. The minimum atomic E-state index is -0.912. The average Bonchev–Trinajstić information content (AvgIpc) is 2.70. The highest BCUT2D eigenvalue weighted by atomic mass is 16.4. The van der Waals surface area contributed by atoms with Gasteiger partial charge in [-0.15, -0.1) is 0 Å². The number of rotatable bonds is 4. The molecule has 2 aromatic rings. The van der Waals surface area contributed by atoms with Crippen molar-refractivity contribution in [3.05, 3.63) is 30.1 Å². The largest absolute Gasteiger partial charge is 0.478 e. The van der Waals surface area contributed by atoms with Gasteiger partial charge in [-0.25, -0.2) is 9.78 Å². The first-order chi connectivity index (χ1) is 8.75. The van der Waals surface area contributed by atoms with Gasteiger partial charge in [0, 0.05) is 6.54 Å². The summed E-state index contributed by atoms with van der Waals surface area (Å²) in [6, 6.07) is 5.33. The van der Waals surface area contributed by atoms with Gasteiger partial charge in [-0.05, 0) is 24.5 Å². The van der Waals surface area contributed by atoms with E-state index in [0.29, 0.717) is 5.52 Å². The Hall–Kier alpha value is -1.84. The van der Waals surface area contributed by atoms with E-state index >= 15 is 0 Å². The number of hydrogen-bond donors (Lipinski definition) is 1. The van der Waals surface area contributed by atoms with Gasteiger partial charge in [0.05, 0.1) is 17.4 Å². The summed E-state index contributed by atoms with van der Waals surface area (Å²) < 4.78 is 2.07. The van der Waals surface area contributed by atoms with Gasteiger partial charge in [0.25, 0.3) is 0 Å². The van der Waals surface area contributed by atoms with Crippen molar-refractivity contribution in [2.75, 3.05) is 0 Å². The molecule has 0 bridgehead atoms. The summed E-state index contributed by atoms with van der Waals surface area (Å²) in [6.45, 7) is 0.935. The van der Waals surface area contributed by atoms with Crippen molar-refractivity contribution in [2.24, 2.45) is 5.92 Å². The summed E-state index contributed by atoms with van der Waals surface area (Å²) in [5, 5.41) is 9.11. The molecule has 1 aliphatic rings. The van der Waals surface area contributed by atoms with Crippen LogP contribution in [-0.4, -0.2) is 20.6 Å². The van der Waals surface area contributed by atoms with E-state index in [9.17, 15) is 4.79 Å². The van der Waals surface area contributed by atoms with Crippen molar-refractivity contribution in [1.29, 1.82) is 0 Å². The Balaban J connectivity index is 1.88. The summed E-state index contributed by atoms with van der Waals surface area (Å²) in [4.78, 5) is 15.3. The molecule has 1 heterocycles. The molecule has 0 saturated heterocycles. The fourth-order valence-electron chi connectivity index (χ4n) is 2.54. The van der Waals surface area contributed by atoms with Crippen molar-refractivity contribution in [2.45, 2.75) is 32.2 Å². The smallest absolute Gasteiger partial charge is 0.337 e. The molecule has 1 saturated carbocycles. The molecule has 1 N–H and O–H groups in total. The zero-order valence-corrected chi connectivity index (χ0v) is 10.2. The highest BCUT2D eigenvalue weighted by Crippen LogP contribution is 2.30. The molecule has 4 nitrogen and oxygen atoms in total. The molecule has 94 valence electrons. The molecule has 1 aliphatic carbocycles. The number of aryl methyl sites for hydroxylation is 1. The fraction of sp³-hybridized carbons (Fsp3) is 0.429. The van der Waals surface area contributed by atoms with Gasteiger partial charge in [-0.1, -0.05) is 25.3 Å². The average molecular weight is 244 g/mol. The number of fused-ring (bicyclic) bond motifs is 1. The van der Waals surface area contributed by atoms with Crippen LogP contribution in [0.4, 0.5) is 0 Å². The molecule has 1 fully saturated rings. The Labute approximate surface area is 105 Å². The van der Waals surface area contributed by atoms with Crippen molar-refractivity contribution >= 4 is 17.0 Å². The number of aromatic carboxylic acids is 1. The maximum absolute atomic E-state index is 11.1. The fourth-order valence-corrected chi connectivity index (χ4v) is 2.54. The lowest BCUT2D eigenvalue weighted by molar-refractivity contribution is 0.0699. The van der Waals surface area contributed by atoms with Crippen LogP contribution in [0.5, 0.6) is 0 Å². The molecular weight excluding hydrogens is 228 g/mol. The third-order valence-electron chi connectivity index (χ3n) is 3.88. The van der Waals surface area contributed by atoms with Crippen molar-refractivity contribution in [1.82, 2.24) is 9.55 Å². The molecule has 1 aromatic carbocycles. The van der Waals surface area contributed by atoms with Crippen LogP contribution in [0.2, 0.25) is 0 Å². The van der Waals surface area contributed by atoms with Crippen LogP contribution in [0.25, 0.3) is 11.0 Å². The van der Waals surface area contributed by atoms with Crippen LogP contribution in [0, 0.1) is 5.92 Å². The molecule has 18 heavy (non-hydrogen) atoms. The Morgan fingerprint density at radius 1 is 1.44 bits per heavy atom. The van der Waals surface area contributed by atoms with Crippen molar-refractivity contribution in [3.8, 4) is 0 Å². The van der Waals surface area contributed by atoms with Gasteiger partial charge in [0.2, 0.25) is 0 Å². The van der Waals surface area contributed by atoms with E-state index in [4.69, 9.17) is 5.11 Å². The minimum Gasteiger partial charge on any atom is -0.478 e. The number of aromatic nitrogens is 2. The minimum absolute atomic E-state index is 0.287. The number of carboxylic acid groups (broad SMARTS) is 1. The van der Waals surface area contributed by atoms with Crippen molar-refractivity contribution < 1.29 is 9.90 Å².